The van der Waals surface area contributed by atoms with Crippen molar-refractivity contribution in [2.75, 3.05) is 18.5 Å². The highest BCUT2D eigenvalue weighted by Crippen LogP contribution is 2.28. The maximum absolute atomic E-state index is 14.0. The van der Waals surface area contributed by atoms with E-state index in [-0.39, 0.29) is 12.4 Å². The van der Waals surface area contributed by atoms with Crippen LogP contribution in [0.4, 0.5) is 14.5 Å². The highest BCUT2D eigenvalue weighted by molar-refractivity contribution is 6.30. The maximum Gasteiger partial charge on any atom is 0.130 e. The Hall–Kier alpha value is -1.65. The summed E-state index contributed by atoms with van der Waals surface area (Å²) in [5.74, 6) is -0.766. The minimum atomic E-state index is -0.420. The smallest absolute Gasteiger partial charge is 0.130 e. The number of rotatable bonds is 4. The molecule has 2 N–H and O–H groups in total. The van der Waals surface area contributed by atoms with Crippen molar-refractivity contribution >= 4 is 17.3 Å². The molecule has 20 heavy (non-hydrogen) atoms. The third-order valence-electron chi connectivity index (χ3n) is 3.23. The number of nitrogens with zero attached hydrogens (tertiary/aromatic N) is 1. The summed E-state index contributed by atoms with van der Waals surface area (Å²) in [4.78, 5) is 1.75. The van der Waals surface area contributed by atoms with Crippen molar-refractivity contribution in [2.24, 2.45) is 5.73 Å². The van der Waals surface area contributed by atoms with Gasteiger partial charge in [0.25, 0.3) is 0 Å². The second kappa shape index (κ2) is 6.20. The first kappa shape index (κ1) is 14.8. The van der Waals surface area contributed by atoms with Crippen molar-refractivity contribution in [1.82, 2.24) is 0 Å². The van der Waals surface area contributed by atoms with Gasteiger partial charge in [0.05, 0.1) is 6.04 Å². The number of hydrogen-bond donors (Lipinski definition) is 1. The molecule has 0 bridgehead atoms. The summed E-state index contributed by atoms with van der Waals surface area (Å²) in [7, 11) is 1.75. The van der Waals surface area contributed by atoms with Gasteiger partial charge in [0.15, 0.2) is 0 Å². The lowest BCUT2D eigenvalue weighted by atomic mass is 10.0. The Bertz CT molecular complexity index is 604. The van der Waals surface area contributed by atoms with Gasteiger partial charge in [0.1, 0.15) is 11.6 Å². The first-order valence-electron chi connectivity index (χ1n) is 6.16. The van der Waals surface area contributed by atoms with E-state index in [0.717, 1.165) is 0 Å². The number of likely N-dealkylation sites (N-methyl/N-ethyl adjacent to an activating group) is 1. The van der Waals surface area contributed by atoms with Crippen LogP contribution < -0.4 is 10.6 Å². The first-order valence-corrected chi connectivity index (χ1v) is 6.54. The molecular weight excluding hydrogens is 282 g/mol. The van der Waals surface area contributed by atoms with Gasteiger partial charge in [-0.15, -0.1) is 0 Å². The Balaban J connectivity index is 2.36. The molecule has 106 valence electrons. The molecular formula is C15H15ClF2N2. The molecule has 0 radical (unpaired) electrons. The average molecular weight is 297 g/mol. The fourth-order valence-corrected chi connectivity index (χ4v) is 2.30. The molecule has 0 amide bonds. The van der Waals surface area contributed by atoms with Crippen LogP contribution in [-0.2, 0) is 0 Å². The van der Waals surface area contributed by atoms with Crippen LogP contribution in [0.25, 0.3) is 0 Å². The van der Waals surface area contributed by atoms with E-state index in [1.54, 1.807) is 36.2 Å². The lowest BCUT2D eigenvalue weighted by molar-refractivity contribution is 0.571. The van der Waals surface area contributed by atoms with E-state index >= 15 is 0 Å². The summed E-state index contributed by atoms with van der Waals surface area (Å²) in [5, 5.41) is 0.329. The third kappa shape index (κ3) is 3.08. The highest BCUT2D eigenvalue weighted by Gasteiger charge is 2.20. The lowest BCUT2D eigenvalue weighted by Crippen LogP contribution is -2.31. The molecule has 1 unspecified atom stereocenters. The molecule has 2 nitrogen and oxygen atoms in total. The number of hydrogen-bond acceptors (Lipinski definition) is 2. The quantitative estimate of drug-likeness (QED) is 0.931. The molecule has 0 aliphatic carbocycles. The molecule has 0 spiro atoms. The van der Waals surface area contributed by atoms with Gasteiger partial charge in [-0.1, -0.05) is 23.7 Å². The molecule has 2 aromatic rings. The number of anilines is 1. The minimum absolute atomic E-state index is 0.200. The highest BCUT2D eigenvalue weighted by atomic mass is 35.5. The molecule has 0 saturated heterocycles. The van der Waals surface area contributed by atoms with Crippen LogP contribution in [0, 0.1) is 11.6 Å². The summed E-state index contributed by atoms with van der Waals surface area (Å²) < 4.78 is 27.3. The standard InChI is InChI=1S/C15H15ClF2N2/c1-20(12-4-2-3-11(17)8-12)15(9-19)13-6-5-10(16)7-14(13)18/h2-8,15H,9,19H2,1H3. The van der Waals surface area contributed by atoms with Gasteiger partial charge in [-0.05, 0) is 30.3 Å². The molecule has 0 heterocycles. The van der Waals surface area contributed by atoms with Gasteiger partial charge in [-0.25, -0.2) is 8.78 Å². The zero-order valence-corrected chi connectivity index (χ0v) is 11.7. The van der Waals surface area contributed by atoms with Gasteiger partial charge in [0, 0.05) is 29.9 Å². The van der Waals surface area contributed by atoms with E-state index in [1.807, 2.05) is 0 Å². The summed E-state index contributed by atoms with van der Waals surface area (Å²) in [6.45, 7) is 0.200. The van der Waals surface area contributed by atoms with Gasteiger partial charge in [-0.3, -0.25) is 0 Å². The average Bonchev–Trinajstić information content (AvgIpc) is 2.41. The van der Waals surface area contributed by atoms with Crippen molar-refractivity contribution in [1.29, 1.82) is 0 Å². The van der Waals surface area contributed by atoms with Crippen LogP contribution in [0.3, 0.4) is 0 Å². The molecule has 0 aliphatic rings. The Morgan fingerprint density at radius 1 is 1.20 bits per heavy atom. The van der Waals surface area contributed by atoms with E-state index in [0.29, 0.717) is 16.3 Å². The topological polar surface area (TPSA) is 29.3 Å². The lowest BCUT2D eigenvalue weighted by Gasteiger charge is -2.29. The second-order valence-corrected chi connectivity index (χ2v) is 4.94. The van der Waals surface area contributed by atoms with Crippen LogP contribution in [0.2, 0.25) is 5.02 Å². The predicted octanol–water partition coefficient (Wildman–Crippen LogP) is 3.75. The summed E-state index contributed by atoms with van der Waals surface area (Å²) in [5.41, 5.74) is 6.82. The Morgan fingerprint density at radius 3 is 2.55 bits per heavy atom. The van der Waals surface area contributed by atoms with E-state index in [2.05, 4.69) is 0 Å². The van der Waals surface area contributed by atoms with E-state index in [9.17, 15) is 8.78 Å². The summed E-state index contributed by atoms with van der Waals surface area (Å²) in [6.07, 6.45) is 0. The van der Waals surface area contributed by atoms with Crippen molar-refractivity contribution in [3.63, 3.8) is 0 Å². The molecule has 5 heteroatoms. The Morgan fingerprint density at radius 2 is 1.95 bits per heavy atom. The summed E-state index contributed by atoms with van der Waals surface area (Å²) >= 11 is 5.75. The van der Waals surface area contributed by atoms with Crippen LogP contribution in [-0.4, -0.2) is 13.6 Å². The number of benzene rings is 2. The molecule has 0 saturated carbocycles. The molecule has 2 aromatic carbocycles. The van der Waals surface area contributed by atoms with Crippen molar-refractivity contribution in [2.45, 2.75) is 6.04 Å². The van der Waals surface area contributed by atoms with Crippen LogP contribution >= 0.6 is 11.6 Å². The van der Waals surface area contributed by atoms with Crippen LogP contribution in [0.5, 0.6) is 0 Å². The Labute approximate surface area is 121 Å². The van der Waals surface area contributed by atoms with E-state index < -0.39 is 11.9 Å². The number of nitrogens with two attached hydrogens (primary N) is 1. The molecule has 1 atom stereocenters. The zero-order chi connectivity index (χ0) is 14.7. The van der Waals surface area contributed by atoms with Crippen LogP contribution in [0.15, 0.2) is 42.5 Å². The van der Waals surface area contributed by atoms with Crippen molar-refractivity contribution in [3.05, 3.63) is 64.7 Å². The normalized spacial score (nSPS) is 12.2. The minimum Gasteiger partial charge on any atom is -0.366 e. The molecule has 0 aliphatic heterocycles. The van der Waals surface area contributed by atoms with Crippen molar-refractivity contribution in [3.8, 4) is 0 Å². The molecule has 0 fully saturated rings. The van der Waals surface area contributed by atoms with Crippen molar-refractivity contribution < 1.29 is 8.78 Å². The maximum atomic E-state index is 14.0. The van der Waals surface area contributed by atoms with Crippen LogP contribution in [0.1, 0.15) is 11.6 Å². The van der Waals surface area contributed by atoms with Gasteiger partial charge < -0.3 is 10.6 Å². The largest absolute Gasteiger partial charge is 0.366 e. The zero-order valence-electron chi connectivity index (χ0n) is 11.0. The monoisotopic (exact) mass is 296 g/mol. The number of halogens is 3. The fourth-order valence-electron chi connectivity index (χ4n) is 2.14. The molecule has 0 aromatic heterocycles. The fraction of sp³-hybridized carbons (Fsp3) is 0.200. The van der Waals surface area contributed by atoms with E-state index in [1.165, 1.54) is 18.2 Å². The van der Waals surface area contributed by atoms with Gasteiger partial charge in [0.2, 0.25) is 0 Å². The SMILES string of the molecule is CN(c1cccc(F)c1)C(CN)c1ccc(Cl)cc1F. The predicted molar refractivity (Wildman–Crippen MR) is 78.0 cm³/mol. The first-order chi connectivity index (χ1) is 9.52. The van der Waals surface area contributed by atoms with Gasteiger partial charge in [-0.2, -0.15) is 0 Å². The van der Waals surface area contributed by atoms with Gasteiger partial charge >= 0.3 is 0 Å². The Kier molecular flexibility index (Phi) is 4.57. The third-order valence-corrected chi connectivity index (χ3v) is 3.46. The van der Waals surface area contributed by atoms with E-state index in [4.69, 9.17) is 17.3 Å². The second-order valence-electron chi connectivity index (χ2n) is 4.51. The molecule has 2 rings (SSSR count). The summed E-state index contributed by atoms with van der Waals surface area (Å²) in [6, 6.07) is 10.2.